The van der Waals surface area contributed by atoms with Gasteiger partial charge in [-0.15, -0.1) is 6.58 Å². The Morgan fingerprint density at radius 3 is 2.38 bits per heavy atom. The van der Waals surface area contributed by atoms with Crippen LogP contribution in [0.4, 0.5) is 0 Å². The van der Waals surface area contributed by atoms with Gasteiger partial charge in [0.2, 0.25) is 11.8 Å². The van der Waals surface area contributed by atoms with Crippen molar-refractivity contribution >= 4 is 17.8 Å². The van der Waals surface area contributed by atoms with Gasteiger partial charge in [0, 0.05) is 18.8 Å². The first kappa shape index (κ1) is 12.4. The number of hydrazine groups is 1. The van der Waals surface area contributed by atoms with Crippen molar-refractivity contribution in [3.05, 3.63) is 12.7 Å². The van der Waals surface area contributed by atoms with Crippen LogP contribution < -0.4 is 5.43 Å². The van der Waals surface area contributed by atoms with Gasteiger partial charge in [-0.3, -0.25) is 14.4 Å². The zero-order valence-corrected chi connectivity index (χ0v) is 8.97. The van der Waals surface area contributed by atoms with E-state index >= 15 is 0 Å². The van der Waals surface area contributed by atoms with Gasteiger partial charge in [-0.05, 0) is 0 Å². The van der Waals surface area contributed by atoms with E-state index in [1.807, 2.05) is 0 Å². The number of nitrogens with one attached hydrogen (secondary N) is 1. The molecule has 6 heteroatoms. The predicted molar refractivity (Wildman–Crippen MR) is 55.0 cm³/mol. The molecule has 1 unspecified atom stereocenters. The van der Waals surface area contributed by atoms with Crippen LogP contribution in [-0.2, 0) is 14.4 Å². The number of amides is 2. The van der Waals surface area contributed by atoms with Crippen molar-refractivity contribution in [1.82, 2.24) is 10.4 Å². The Balaban J connectivity index is 2.75. The van der Waals surface area contributed by atoms with E-state index in [2.05, 4.69) is 12.0 Å². The van der Waals surface area contributed by atoms with Gasteiger partial charge >= 0.3 is 5.97 Å². The Labute approximate surface area is 92.9 Å². The van der Waals surface area contributed by atoms with E-state index in [1.54, 1.807) is 6.92 Å². The smallest absolute Gasteiger partial charge is 0.323 e. The minimum absolute atomic E-state index is 0.126. The van der Waals surface area contributed by atoms with Crippen LogP contribution in [0.2, 0.25) is 0 Å². The Kier molecular flexibility index (Phi) is 3.78. The largest absolute Gasteiger partial charge is 0.480 e. The third-order valence-corrected chi connectivity index (χ3v) is 2.48. The summed E-state index contributed by atoms with van der Waals surface area (Å²) in [7, 11) is 0. The van der Waals surface area contributed by atoms with Gasteiger partial charge in [0.1, 0.15) is 6.04 Å². The van der Waals surface area contributed by atoms with Crippen molar-refractivity contribution in [2.45, 2.75) is 25.8 Å². The molecule has 2 amide bonds. The van der Waals surface area contributed by atoms with Crippen LogP contribution in [0.5, 0.6) is 0 Å². The van der Waals surface area contributed by atoms with E-state index in [4.69, 9.17) is 5.11 Å². The van der Waals surface area contributed by atoms with Crippen LogP contribution in [0.1, 0.15) is 19.8 Å². The predicted octanol–water partition coefficient (Wildman–Crippen LogP) is -0.0847. The van der Waals surface area contributed by atoms with Crippen molar-refractivity contribution in [2.24, 2.45) is 5.92 Å². The Bertz CT molecular complexity index is 324. The Hall–Kier alpha value is -1.69. The molecule has 0 spiro atoms. The maximum Gasteiger partial charge on any atom is 0.323 e. The molecule has 0 radical (unpaired) electrons. The van der Waals surface area contributed by atoms with E-state index in [0.717, 1.165) is 5.01 Å². The number of aliphatic carboxylic acids is 1. The highest BCUT2D eigenvalue weighted by Crippen LogP contribution is 2.12. The molecule has 1 rings (SSSR count). The van der Waals surface area contributed by atoms with E-state index in [1.165, 1.54) is 6.08 Å². The SMILES string of the molecule is C=CC(C)[C@H](NN1C(=O)CCC1=O)C(=O)O. The maximum absolute atomic E-state index is 11.3. The number of nitrogens with zero attached hydrogens (tertiary/aromatic N) is 1. The molecular formula is C10H14N2O4. The monoisotopic (exact) mass is 226 g/mol. The summed E-state index contributed by atoms with van der Waals surface area (Å²) in [6.45, 7) is 5.13. The van der Waals surface area contributed by atoms with Gasteiger partial charge in [-0.25, -0.2) is 10.4 Å². The summed E-state index contributed by atoms with van der Waals surface area (Å²) in [6, 6.07) is -1.02. The van der Waals surface area contributed by atoms with Crippen LogP contribution in [0.25, 0.3) is 0 Å². The molecule has 1 saturated heterocycles. The minimum atomic E-state index is -1.13. The molecule has 0 saturated carbocycles. The molecule has 88 valence electrons. The summed E-state index contributed by atoms with van der Waals surface area (Å²) >= 11 is 0. The second-order valence-electron chi connectivity index (χ2n) is 3.66. The fraction of sp³-hybridized carbons (Fsp3) is 0.500. The normalized spacial score (nSPS) is 19.7. The van der Waals surface area contributed by atoms with Gasteiger partial charge in [-0.2, -0.15) is 0 Å². The number of hydrogen-bond acceptors (Lipinski definition) is 4. The number of carboxylic acids is 1. The number of rotatable bonds is 5. The second-order valence-corrected chi connectivity index (χ2v) is 3.66. The topological polar surface area (TPSA) is 86.7 Å². The summed E-state index contributed by atoms with van der Waals surface area (Å²) < 4.78 is 0. The van der Waals surface area contributed by atoms with Crippen molar-refractivity contribution < 1.29 is 19.5 Å². The molecular weight excluding hydrogens is 212 g/mol. The summed E-state index contributed by atoms with van der Waals surface area (Å²) in [4.78, 5) is 33.5. The Morgan fingerprint density at radius 1 is 1.50 bits per heavy atom. The first-order valence-electron chi connectivity index (χ1n) is 4.94. The van der Waals surface area contributed by atoms with Crippen LogP contribution >= 0.6 is 0 Å². The minimum Gasteiger partial charge on any atom is -0.480 e. The van der Waals surface area contributed by atoms with Gasteiger partial charge in [0.05, 0.1) is 0 Å². The van der Waals surface area contributed by atoms with Crippen molar-refractivity contribution in [3.8, 4) is 0 Å². The summed E-state index contributed by atoms with van der Waals surface area (Å²) in [5.74, 6) is -2.31. The molecule has 0 bridgehead atoms. The quantitative estimate of drug-likeness (QED) is 0.505. The average Bonchev–Trinajstić information content (AvgIpc) is 2.54. The molecule has 16 heavy (non-hydrogen) atoms. The molecule has 0 aromatic rings. The van der Waals surface area contributed by atoms with E-state index in [0.29, 0.717) is 0 Å². The molecule has 1 heterocycles. The van der Waals surface area contributed by atoms with Crippen LogP contribution in [0.15, 0.2) is 12.7 Å². The molecule has 2 N–H and O–H groups in total. The lowest BCUT2D eigenvalue weighted by molar-refractivity contribution is -0.148. The highest BCUT2D eigenvalue weighted by Gasteiger charge is 2.34. The lowest BCUT2D eigenvalue weighted by atomic mass is 10.0. The fourth-order valence-corrected chi connectivity index (χ4v) is 1.39. The highest BCUT2D eigenvalue weighted by atomic mass is 16.4. The van der Waals surface area contributed by atoms with Gasteiger partial charge in [0.25, 0.3) is 0 Å². The molecule has 1 aliphatic rings. The van der Waals surface area contributed by atoms with Crippen LogP contribution in [-0.4, -0.2) is 33.9 Å². The molecule has 1 fully saturated rings. The maximum atomic E-state index is 11.3. The van der Waals surface area contributed by atoms with Gasteiger partial charge < -0.3 is 5.11 Å². The number of imide groups is 1. The zero-order chi connectivity index (χ0) is 12.3. The molecule has 1 aliphatic heterocycles. The number of carbonyl (C=O) groups excluding carboxylic acids is 2. The van der Waals surface area contributed by atoms with Crippen LogP contribution in [0.3, 0.4) is 0 Å². The molecule has 6 nitrogen and oxygen atoms in total. The first-order chi connectivity index (χ1) is 7.47. The third kappa shape index (κ3) is 2.46. The van der Waals surface area contributed by atoms with Gasteiger partial charge in [0.15, 0.2) is 0 Å². The molecule has 2 atom stereocenters. The van der Waals surface area contributed by atoms with E-state index < -0.39 is 29.7 Å². The van der Waals surface area contributed by atoms with E-state index in [-0.39, 0.29) is 12.8 Å². The van der Waals surface area contributed by atoms with Gasteiger partial charge in [-0.1, -0.05) is 13.0 Å². The lowest BCUT2D eigenvalue weighted by Gasteiger charge is -2.23. The van der Waals surface area contributed by atoms with Crippen molar-refractivity contribution in [1.29, 1.82) is 0 Å². The number of hydrogen-bond donors (Lipinski definition) is 2. The molecule has 0 aliphatic carbocycles. The standard InChI is InChI=1S/C10H14N2O4/c1-3-6(2)9(10(15)16)11-12-7(13)4-5-8(12)14/h3,6,9,11H,1,4-5H2,2H3,(H,15,16)/t6?,9-/m0/s1. The first-order valence-corrected chi connectivity index (χ1v) is 4.94. The highest BCUT2D eigenvalue weighted by molar-refractivity contribution is 6.01. The summed E-state index contributed by atoms with van der Waals surface area (Å²) in [6.07, 6.45) is 1.71. The van der Waals surface area contributed by atoms with Crippen LogP contribution in [0, 0.1) is 5.92 Å². The Morgan fingerprint density at radius 2 is 2.00 bits per heavy atom. The second kappa shape index (κ2) is 4.89. The molecule has 0 aromatic heterocycles. The number of carboxylic acid groups (broad SMARTS) is 1. The average molecular weight is 226 g/mol. The zero-order valence-electron chi connectivity index (χ0n) is 8.97. The fourth-order valence-electron chi connectivity index (χ4n) is 1.39. The van der Waals surface area contributed by atoms with E-state index in [9.17, 15) is 14.4 Å². The lowest BCUT2D eigenvalue weighted by Crippen LogP contribution is -2.53. The van der Waals surface area contributed by atoms with Crippen molar-refractivity contribution in [3.63, 3.8) is 0 Å². The third-order valence-electron chi connectivity index (χ3n) is 2.48. The summed E-state index contributed by atoms with van der Waals surface area (Å²) in [5.41, 5.74) is 2.43. The van der Waals surface area contributed by atoms with Crippen molar-refractivity contribution in [2.75, 3.05) is 0 Å². The summed E-state index contributed by atoms with van der Waals surface area (Å²) in [5, 5.41) is 9.74. The molecule has 0 aromatic carbocycles. The number of carbonyl (C=O) groups is 3.